The minimum atomic E-state index is 0.106. The summed E-state index contributed by atoms with van der Waals surface area (Å²) in [5, 5.41) is 9.08. The van der Waals surface area contributed by atoms with Crippen molar-refractivity contribution in [3.8, 4) is 6.07 Å². The van der Waals surface area contributed by atoms with E-state index in [0.29, 0.717) is 12.2 Å². The van der Waals surface area contributed by atoms with Crippen LogP contribution in [0.3, 0.4) is 0 Å². The van der Waals surface area contributed by atoms with E-state index >= 15 is 0 Å². The van der Waals surface area contributed by atoms with Gasteiger partial charge in [0.15, 0.2) is 0 Å². The number of nitrogens with zero attached hydrogens (tertiary/aromatic N) is 3. The van der Waals surface area contributed by atoms with Gasteiger partial charge >= 0.3 is 0 Å². The Morgan fingerprint density at radius 3 is 2.50 bits per heavy atom. The summed E-state index contributed by atoms with van der Waals surface area (Å²) in [5.74, 6) is 0. The fraction of sp³-hybridized carbons (Fsp3) is 0.929. The van der Waals surface area contributed by atoms with Gasteiger partial charge in [0, 0.05) is 32.7 Å². The first-order valence-electron chi connectivity index (χ1n) is 7.24. The molecule has 0 aliphatic carbocycles. The molecule has 3 atom stereocenters. The van der Waals surface area contributed by atoms with Crippen LogP contribution in [0.25, 0.3) is 0 Å². The van der Waals surface area contributed by atoms with Crippen molar-refractivity contribution in [2.24, 2.45) is 0 Å². The smallest absolute Gasteiger partial charge is 0.0976 e. The first kappa shape index (κ1) is 13.8. The molecule has 18 heavy (non-hydrogen) atoms. The molecular formula is C14H25N3O. The predicted octanol–water partition coefficient (Wildman–Crippen LogP) is 1.47. The van der Waals surface area contributed by atoms with Gasteiger partial charge in [-0.15, -0.1) is 0 Å². The molecule has 0 radical (unpaired) electrons. The van der Waals surface area contributed by atoms with Crippen LogP contribution in [0, 0.1) is 11.3 Å². The normalized spacial score (nSPS) is 32.3. The first-order valence-corrected chi connectivity index (χ1v) is 7.24. The van der Waals surface area contributed by atoms with E-state index in [1.807, 2.05) is 0 Å². The molecule has 2 fully saturated rings. The van der Waals surface area contributed by atoms with Crippen LogP contribution in [0.5, 0.6) is 0 Å². The Bertz CT molecular complexity index is 294. The lowest BCUT2D eigenvalue weighted by molar-refractivity contribution is 0.0166. The van der Waals surface area contributed by atoms with Crippen molar-refractivity contribution in [3.05, 3.63) is 0 Å². The number of hydrogen-bond acceptors (Lipinski definition) is 4. The molecule has 4 heteroatoms. The molecule has 0 aromatic heterocycles. The molecule has 0 saturated carbocycles. The van der Waals surface area contributed by atoms with E-state index in [4.69, 9.17) is 10.00 Å². The molecule has 0 amide bonds. The van der Waals surface area contributed by atoms with Gasteiger partial charge < -0.3 is 4.74 Å². The van der Waals surface area contributed by atoms with E-state index in [1.165, 1.54) is 12.8 Å². The largest absolute Gasteiger partial charge is 0.374 e. The lowest BCUT2D eigenvalue weighted by Crippen LogP contribution is -2.51. The van der Waals surface area contributed by atoms with E-state index in [9.17, 15) is 0 Å². The van der Waals surface area contributed by atoms with Gasteiger partial charge in [0.25, 0.3) is 0 Å². The summed E-state index contributed by atoms with van der Waals surface area (Å²) in [6.07, 6.45) is 4.22. The van der Waals surface area contributed by atoms with Crippen LogP contribution in [-0.2, 0) is 4.74 Å². The van der Waals surface area contributed by atoms with E-state index in [-0.39, 0.29) is 6.04 Å². The number of hydrogen-bond donors (Lipinski definition) is 0. The molecule has 3 unspecified atom stereocenters. The Labute approximate surface area is 110 Å². The Hall–Kier alpha value is -0.630. The highest BCUT2D eigenvalue weighted by molar-refractivity contribution is 4.93. The molecule has 2 aliphatic heterocycles. The zero-order valence-electron chi connectivity index (χ0n) is 11.6. The molecular weight excluding hydrogens is 226 g/mol. The molecule has 0 N–H and O–H groups in total. The lowest BCUT2D eigenvalue weighted by Gasteiger charge is -2.37. The summed E-state index contributed by atoms with van der Waals surface area (Å²) in [5.41, 5.74) is 0. The topological polar surface area (TPSA) is 39.5 Å². The Morgan fingerprint density at radius 1 is 1.28 bits per heavy atom. The summed E-state index contributed by atoms with van der Waals surface area (Å²) in [6, 6.07) is 2.50. The molecule has 0 aromatic carbocycles. The quantitative estimate of drug-likeness (QED) is 0.758. The molecule has 0 spiro atoms. The van der Waals surface area contributed by atoms with E-state index in [0.717, 1.165) is 39.1 Å². The summed E-state index contributed by atoms with van der Waals surface area (Å²) in [6.45, 7) is 9.52. The van der Waals surface area contributed by atoms with Crippen molar-refractivity contribution in [1.82, 2.24) is 9.80 Å². The minimum absolute atomic E-state index is 0.106. The van der Waals surface area contributed by atoms with Gasteiger partial charge in [-0.2, -0.15) is 5.26 Å². The Kier molecular flexibility index (Phi) is 4.99. The predicted molar refractivity (Wildman–Crippen MR) is 71.3 cm³/mol. The summed E-state index contributed by atoms with van der Waals surface area (Å²) >= 11 is 0. The van der Waals surface area contributed by atoms with Crippen molar-refractivity contribution >= 4 is 0 Å². The Morgan fingerprint density at radius 2 is 2.00 bits per heavy atom. The summed E-state index contributed by atoms with van der Waals surface area (Å²) < 4.78 is 5.87. The average molecular weight is 251 g/mol. The van der Waals surface area contributed by atoms with Crippen LogP contribution in [0.1, 0.15) is 33.1 Å². The minimum Gasteiger partial charge on any atom is -0.374 e. The van der Waals surface area contributed by atoms with Gasteiger partial charge in [0.05, 0.1) is 24.3 Å². The van der Waals surface area contributed by atoms with Crippen LogP contribution >= 0.6 is 0 Å². The second-order valence-corrected chi connectivity index (χ2v) is 5.54. The molecule has 4 nitrogen and oxygen atoms in total. The maximum Gasteiger partial charge on any atom is 0.0976 e. The molecule has 0 aromatic rings. The van der Waals surface area contributed by atoms with Crippen molar-refractivity contribution < 1.29 is 4.74 Å². The van der Waals surface area contributed by atoms with Gasteiger partial charge in [0.2, 0.25) is 0 Å². The summed E-state index contributed by atoms with van der Waals surface area (Å²) in [4.78, 5) is 4.80. The highest BCUT2D eigenvalue weighted by Gasteiger charge is 2.27. The molecule has 2 rings (SSSR count). The molecule has 2 heterocycles. The highest BCUT2D eigenvalue weighted by atomic mass is 16.5. The van der Waals surface area contributed by atoms with Crippen molar-refractivity contribution in [1.29, 1.82) is 5.26 Å². The third-order valence-electron chi connectivity index (χ3n) is 4.17. The number of nitriles is 1. The monoisotopic (exact) mass is 251 g/mol. The third kappa shape index (κ3) is 3.44. The van der Waals surface area contributed by atoms with Crippen LogP contribution in [0.2, 0.25) is 0 Å². The van der Waals surface area contributed by atoms with Crippen molar-refractivity contribution in [2.45, 2.75) is 51.4 Å². The zero-order valence-corrected chi connectivity index (χ0v) is 11.6. The van der Waals surface area contributed by atoms with E-state index < -0.39 is 0 Å². The number of rotatable bonds is 4. The second kappa shape index (κ2) is 6.51. The average Bonchev–Trinajstić information content (AvgIpc) is 2.78. The lowest BCUT2D eigenvalue weighted by atomic mass is 10.1. The van der Waals surface area contributed by atoms with E-state index in [1.54, 1.807) is 0 Å². The van der Waals surface area contributed by atoms with Gasteiger partial charge in [-0.3, -0.25) is 9.80 Å². The maximum absolute atomic E-state index is 9.08. The summed E-state index contributed by atoms with van der Waals surface area (Å²) in [7, 11) is 0. The van der Waals surface area contributed by atoms with Crippen molar-refractivity contribution in [2.75, 3.05) is 32.7 Å². The van der Waals surface area contributed by atoms with Crippen LogP contribution in [-0.4, -0.2) is 60.8 Å². The van der Waals surface area contributed by atoms with Crippen LogP contribution in [0.15, 0.2) is 0 Å². The third-order valence-corrected chi connectivity index (χ3v) is 4.17. The SMILES string of the molecule is CCC(C#N)N1CCN(CC2CCC(C)O2)CC1. The number of piperazine rings is 1. The molecule has 2 saturated heterocycles. The fourth-order valence-corrected chi connectivity index (χ4v) is 3.00. The van der Waals surface area contributed by atoms with Crippen LogP contribution < -0.4 is 0 Å². The molecule has 2 aliphatic rings. The fourth-order valence-electron chi connectivity index (χ4n) is 3.00. The highest BCUT2D eigenvalue weighted by Crippen LogP contribution is 2.20. The van der Waals surface area contributed by atoms with E-state index in [2.05, 4.69) is 29.7 Å². The number of ether oxygens (including phenoxy) is 1. The first-order chi connectivity index (χ1) is 8.72. The zero-order chi connectivity index (χ0) is 13.0. The maximum atomic E-state index is 9.08. The second-order valence-electron chi connectivity index (χ2n) is 5.54. The van der Waals surface area contributed by atoms with Crippen molar-refractivity contribution in [3.63, 3.8) is 0 Å². The van der Waals surface area contributed by atoms with Gasteiger partial charge in [-0.1, -0.05) is 6.92 Å². The molecule has 0 bridgehead atoms. The van der Waals surface area contributed by atoms with Gasteiger partial charge in [-0.25, -0.2) is 0 Å². The standard InChI is InChI=1S/C14H25N3O/c1-3-13(10-15)17-8-6-16(7-9-17)11-14-5-4-12(2)18-14/h12-14H,3-9,11H2,1-2H3. The van der Waals surface area contributed by atoms with Gasteiger partial charge in [-0.05, 0) is 26.2 Å². The Balaban J connectivity index is 1.72. The van der Waals surface area contributed by atoms with Gasteiger partial charge in [0.1, 0.15) is 0 Å². The molecule has 102 valence electrons. The van der Waals surface area contributed by atoms with Crippen LogP contribution in [0.4, 0.5) is 0 Å².